The Balaban J connectivity index is 1.40. The molecule has 4 rings (SSSR count). The quantitative estimate of drug-likeness (QED) is 0.820. The van der Waals surface area contributed by atoms with Crippen molar-refractivity contribution in [2.45, 2.75) is 37.8 Å². The molecule has 2 aromatic heterocycles. The van der Waals surface area contributed by atoms with Crippen LogP contribution in [0.5, 0.6) is 5.88 Å². The number of carbonyl (C=O) groups excluding carboxylic acids is 1. The lowest BCUT2D eigenvalue weighted by Crippen LogP contribution is -2.48. The summed E-state index contributed by atoms with van der Waals surface area (Å²) in [7, 11) is 1.57. The maximum Gasteiger partial charge on any atom is 0.255 e. The van der Waals surface area contributed by atoms with Gasteiger partial charge in [-0.05, 0) is 37.8 Å². The van der Waals surface area contributed by atoms with Crippen molar-refractivity contribution in [1.82, 2.24) is 19.9 Å². The van der Waals surface area contributed by atoms with Crippen LogP contribution in [0.2, 0.25) is 0 Å². The van der Waals surface area contributed by atoms with Crippen molar-refractivity contribution in [1.29, 1.82) is 0 Å². The maximum absolute atomic E-state index is 12.7. The second-order valence-corrected chi connectivity index (χ2v) is 6.82. The van der Waals surface area contributed by atoms with Crippen LogP contribution in [0.1, 0.15) is 36.0 Å². The highest BCUT2D eigenvalue weighted by Gasteiger charge is 2.37. The molecule has 2 aliphatic rings. The van der Waals surface area contributed by atoms with Gasteiger partial charge in [0.1, 0.15) is 12.1 Å². The number of ether oxygens (including phenoxy) is 1. The van der Waals surface area contributed by atoms with Crippen LogP contribution >= 0.6 is 0 Å². The first kappa shape index (κ1) is 16.8. The van der Waals surface area contributed by atoms with E-state index in [1.165, 1.54) is 12.8 Å². The Bertz CT molecular complexity index is 740. The van der Waals surface area contributed by atoms with E-state index in [1.807, 2.05) is 11.0 Å². The first-order valence-electron chi connectivity index (χ1n) is 9.10. The van der Waals surface area contributed by atoms with Gasteiger partial charge in [0.2, 0.25) is 5.88 Å². The standard InChI is InChI=1S/C19H23N5O2/c1-26-18-5-2-14(12-21-18)19(25)23-10-7-16(8-11-23)24(15-3-4-15)17-6-9-20-13-22-17/h2,5-6,9,12-13,15-16H,3-4,7-8,10-11H2,1H3. The minimum Gasteiger partial charge on any atom is -0.481 e. The lowest BCUT2D eigenvalue weighted by molar-refractivity contribution is 0.0711. The van der Waals surface area contributed by atoms with Gasteiger partial charge in [-0.25, -0.2) is 15.0 Å². The van der Waals surface area contributed by atoms with Gasteiger partial charge in [0.15, 0.2) is 0 Å². The van der Waals surface area contributed by atoms with E-state index in [9.17, 15) is 4.79 Å². The van der Waals surface area contributed by atoms with Gasteiger partial charge in [-0.2, -0.15) is 0 Å². The summed E-state index contributed by atoms with van der Waals surface area (Å²) < 4.78 is 5.05. The SMILES string of the molecule is COc1ccc(C(=O)N2CCC(N(c3ccncn3)C3CC3)CC2)cn1. The van der Waals surface area contributed by atoms with Crippen LogP contribution in [0.3, 0.4) is 0 Å². The minimum absolute atomic E-state index is 0.0404. The number of amides is 1. The van der Waals surface area contributed by atoms with E-state index in [0.29, 0.717) is 23.5 Å². The predicted octanol–water partition coefficient (Wildman–Crippen LogP) is 2.15. The lowest BCUT2D eigenvalue weighted by atomic mass is 10.0. The number of nitrogens with zero attached hydrogens (tertiary/aromatic N) is 5. The maximum atomic E-state index is 12.7. The molecule has 0 N–H and O–H groups in total. The molecule has 2 aromatic rings. The molecule has 1 aliphatic carbocycles. The van der Waals surface area contributed by atoms with Gasteiger partial charge in [0, 0.05) is 43.6 Å². The van der Waals surface area contributed by atoms with Gasteiger partial charge in [0.05, 0.1) is 12.7 Å². The molecule has 7 heteroatoms. The number of aromatic nitrogens is 3. The van der Waals surface area contributed by atoms with Gasteiger partial charge in [-0.1, -0.05) is 0 Å². The Kier molecular flexibility index (Phi) is 4.69. The average molecular weight is 353 g/mol. The van der Waals surface area contributed by atoms with E-state index in [0.717, 1.165) is 31.7 Å². The number of carbonyl (C=O) groups is 1. The van der Waals surface area contributed by atoms with E-state index in [1.54, 1.807) is 38.0 Å². The summed E-state index contributed by atoms with van der Waals surface area (Å²) in [5.74, 6) is 1.57. The molecule has 1 saturated heterocycles. The Morgan fingerprint density at radius 3 is 2.46 bits per heavy atom. The van der Waals surface area contributed by atoms with Crippen LogP contribution in [0, 0.1) is 0 Å². The van der Waals surface area contributed by atoms with Crippen molar-refractivity contribution in [3.8, 4) is 5.88 Å². The summed E-state index contributed by atoms with van der Waals surface area (Å²) in [5.41, 5.74) is 0.610. The van der Waals surface area contributed by atoms with Gasteiger partial charge in [0.25, 0.3) is 5.91 Å². The molecule has 0 aromatic carbocycles. The highest BCUT2D eigenvalue weighted by Crippen LogP contribution is 2.35. The second-order valence-electron chi connectivity index (χ2n) is 6.82. The molecule has 0 radical (unpaired) electrons. The smallest absolute Gasteiger partial charge is 0.255 e. The number of rotatable bonds is 5. The normalized spacial score (nSPS) is 17.8. The Labute approximate surface area is 153 Å². The Morgan fingerprint density at radius 1 is 1.12 bits per heavy atom. The molecule has 1 saturated carbocycles. The summed E-state index contributed by atoms with van der Waals surface area (Å²) in [5, 5.41) is 0. The molecule has 3 heterocycles. The van der Waals surface area contributed by atoms with Gasteiger partial charge < -0.3 is 14.5 Å². The fourth-order valence-electron chi connectivity index (χ4n) is 3.62. The van der Waals surface area contributed by atoms with Gasteiger partial charge in [-0.3, -0.25) is 4.79 Å². The molecule has 26 heavy (non-hydrogen) atoms. The van der Waals surface area contributed by atoms with Crippen LogP contribution in [0.15, 0.2) is 36.9 Å². The number of piperidine rings is 1. The number of methoxy groups -OCH3 is 1. The van der Waals surface area contributed by atoms with E-state index in [2.05, 4.69) is 19.9 Å². The van der Waals surface area contributed by atoms with Gasteiger partial charge in [-0.15, -0.1) is 0 Å². The van der Waals surface area contributed by atoms with Crippen LogP contribution in [0.4, 0.5) is 5.82 Å². The Hall–Kier alpha value is -2.70. The second kappa shape index (κ2) is 7.27. The van der Waals surface area contributed by atoms with Crippen molar-refractivity contribution in [3.63, 3.8) is 0 Å². The van der Waals surface area contributed by atoms with Crippen molar-refractivity contribution >= 4 is 11.7 Å². The van der Waals surface area contributed by atoms with Crippen LogP contribution < -0.4 is 9.64 Å². The van der Waals surface area contributed by atoms with E-state index >= 15 is 0 Å². The molecule has 136 valence electrons. The van der Waals surface area contributed by atoms with Crippen molar-refractivity contribution in [3.05, 3.63) is 42.5 Å². The summed E-state index contributed by atoms with van der Waals surface area (Å²) in [6.45, 7) is 1.51. The van der Waals surface area contributed by atoms with E-state index in [-0.39, 0.29) is 5.91 Å². The molecule has 0 bridgehead atoms. The third kappa shape index (κ3) is 3.47. The van der Waals surface area contributed by atoms with Crippen LogP contribution in [-0.4, -0.2) is 58.0 Å². The number of likely N-dealkylation sites (tertiary alicyclic amines) is 1. The molecular formula is C19H23N5O2. The number of hydrogen-bond donors (Lipinski definition) is 0. The first-order chi connectivity index (χ1) is 12.8. The van der Waals surface area contributed by atoms with Crippen LogP contribution in [-0.2, 0) is 0 Å². The Morgan fingerprint density at radius 2 is 1.88 bits per heavy atom. The molecule has 7 nitrogen and oxygen atoms in total. The number of pyridine rings is 1. The molecule has 1 aliphatic heterocycles. The predicted molar refractivity (Wildman–Crippen MR) is 97.2 cm³/mol. The van der Waals surface area contributed by atoms with Crippen molar-refractivity contribution in [2.75, 3.05) is 25.1 Å². The summed E-state index contributed by atoms with van der Waals surface area (Å²) in [6, 6.07) is 6.50. The lowest BCUT2D eigenvalue weighted by Gasteiger charge is -2.39. The third-order valence-electron chi connectivity index (χ3n) is 5.11. The molecule has 0 unspecified atom stereocenters. The zero-order valence-electron chi connectivity index (χ0n) is 14.9. The number of hydrogen-bond acceptors (Lipinski definition) is 6. The fraction of sp³-hybridized carbons (Fsp3) is 0.474. The highest BCUT2D eigenvalue weighted by molar-refractivity contribution is 5.94. The fourth-order valence-corrected chi connectivity index (χ4v) is 3.62. The highest BCUT2D eigenvalue weighted by atomic mass is 16.5. The molecule has 0 spiro atoms. The zero-order chi connectivity index (χ0) is 17.9. The molecule has 0 atom stereocenters. The molecular weight excluding hydrogens is 330 g/mol. The summed E-state index contributed by atoms with van der Waals surface area (Å²) in [4.78, 5) is 29.7. The van der Waals surface area contributed by atoms with E-state index < -0.39 is 0 Å². The minimum atomic E-state index is 0.0404. The number of anilines is 1. The summed E-state index contributed by atoms with van der Waals surface area (Å²) in [6.07, 6.45) is 9.35. The zero-order valence-corrected chi connectivity index (χ0v) is 14.9. The topological polar surface area (TPSA) is 71.5 Å². The largest absolute Gasteiger partial charge is 0.481 e. The average Bonchev–Trinajstić information content (AvgIpc) is 3.54. The van der Waals surface area contributed by atoms with Crippen LogP contribution in [0.25, 0.3) is 0 Å². The molecule has 1 amide bonds. The van der Waals surface area contributed by atoms with E-state index in [4.69, 9.17) is 4.74 Å². The van der Waals surface area contributed by atoms with Crippen molar-refractivity contribution in [2.24, 2.45) is 0 Å². The summed E-state index contributed by atoms with van der Waals surface area (Å²) >= 11 is 0. The third-order valence-corrected chi connectivity index (χ3v) is 5.11. The first-order valence-corrected chi connectivity index (χ1v) is 9.10. The van der Waals surface area contributed by atoms with Crippen molar-refractivity contribution < 1.29 is 9.53 Å². The van der Waals surface area contributed by atoms with Gasteiger partial charge >= 0.3 is 0 Å². The monoisotopic (exact) mass is 353 g/mol. The molecule has 2 fully saturated rings.